The number of rotatable bonds is 4. The summed E-state index contributed by atoms with van der Waals surface area (Å²) in [6.45, 7) is 5.40. The van der Waals surface area contributed by atoms with Crippen LogP contribution in [0.15, 0.2) is 43.0 Å². The Morgan fingerprint density at radius 2 is 2.09 bits per heavy atom. The molecule has 2 unspecified atom stereocenters. The van der Waals surface area contributed by atoms with Crippen LogP contribution < -0.4 is 4.74 Å². The average molecular weight is 515 g/mol. The van der Waals surface area contributed by atoms with Gasteiger partial charge in [0, 0.05) is 30.8 Å². The zero-order chi connectivity index (χ0) is 24.7. The van der Waals surface area contributed by atoms with E-state index in [1.54, 1.807) is 36.2 Å². The number of phenolic OH excluding ortho intramolecular Hbond substituents is 1. The number of aromatic hydroxyl groups is 1. The average Bonchev–Trinajstić information content (AvgIpc) is 3.19. The maximum atomic E-state index is 13.5. The van der Waals surface area contributed by atoms with Gasteiger partial charge in [0.2, 0.25) is 0 Å². The van der Waals surface area contributed by atoms with Crippen LogP contribution in [0.25, 0.3) is 0 Å². The number of nitrogens with zero attached hydrogens (tertiary/aromatic N) is 2. The Morgan fingerprint density at radius 3 is 2.83 bits per heavy atom. The van der Waals surface area contributed by atoms with Gasteiger partial charge in [0.25, 0.3) is 5.91 Å². The summed E-state index contributed by atoms with van der Waals surface area (Å²) in [5.41, 5.74) is 0.741. The molecule has 4 aliphatic rings. The van der Waals surface area contributed by atoms with Crippen molar-refractivity contribution >= 4 is 29.1 Å². The van der Waals surface area contributed by atoms with Crippen LogP contribution in [0, 0.1) is 0 Å². The van der Waals surface area contributed by atoms with Gasteiger partial charge in [-0.25, -0.2) is 0 Å². The highest BCUT2D eigenvalue weighted by molar-refractivity contribution is 6.42. The molecule has 2 aromatic rings. The minimum Gasteiger partial charge on any atom is -0.504 e. The lowest BCUT2D eigenvalue weighted by Crippen LogP contribution is -2.78. The van der Waals surface area contributed by atoms with Gasteiger partial charge < -0.3 is 19.8 Å². The Kier molecular flexibility index (Phi) is 5.21. The number of phenols is 1. The number of carbonyl (C=O) groups excluding carboxylic acids is 1. The Hall–Kier alpha value is -2.25. The van der Waals surface area contributed by atoms with Gasteiger partial charge in [-0.05, 0) is 62.1 Å². The molecule has 1 saturated heterocycles. The van der Waals surface area contributed by atoms with E-state index in [0.717, 1.165) is 17.7 Å². The number of halogens is 2. The van der Waals surface area contributed by atoms with Crippen LogP contribution in [0.1, 0.15) is 40.7 Å². The van der Waals surface area contributed by atoms with Crippen molar-refractivity contribution < 1.29 is 19.7 Å². The van der Waals surface area contributed by atoms with Gasteiger partial charge in [-0.2, -0.15) is 0 Å². The molecule has 35 heavy (non-hydrogen) atoms. The number of benzene rings is 2. The fourth-order valence-electron chi connectivity index (χ4n) is 7.37. The van der Waals surface area contributed by atoms with Crippen LogP contribution in [0.5, 0.6) is 11.5 Å². The molecule has 0 aromatic heterocycles. The first-order chi connectivity index (χ1) is 16.7. The Morgan fingerprint density at radius 1 is 1.29 bits per heavy atom. The minimum absolute atomic E-state index is 0.0825. The molecule has 2 fully saturated rings. The fourth-order valence-corrected chi connectivity index (χ4v) is 7.67. The molecule has 1 saturated carbocycles. The Labute approximate surface area is 214 Å². The molecule has 2 heterocycles. The lowest BCUT2D eigenvalue weighted by Gasteiger charge is -2.64. The highest BCUT2D eigenvalue weighted by Gasteiger charge is 2.73. The monoisotopic (exact) mass is 514 g/mol. The quantitative estimate of drug-likeness (QED) is 0.598. The Bertz CT molecular complexity index is 1250. The van der Waals surface area contributed by atoms with Crippen LogP contribution in [0.4, 0.5) is 0 Å². The van der Waals surface area contributed by atoms with Crippen molar-refractivity contribution in [2.75, 3.05) is 20.1 Å². The van der Waals surface area contributed by atoms with E-state index in [-0.39, 0.29) is 23.7 Å². The second-order valence-electron chi connectivity index (χ2n) is 10.3. The van der Waals surface area contributed by atoms with Crippen molar-refractivity contribution in [3.63, 3.8) is 0 Å². The normalized spacial score (nSPS) is 32.5. The minimum atomic E-state index is -1.03. The molecule has 6 nitrogen and oxygen atoms in total. The van der Waals surface area contributed by atoms with E-state index in [9.17, 15) is 15.0 Å². The van der Waals surface area contributed by atoms with Gasteiger partial charge in [-0.1, -0.05) is 35.3 Å². The first kappa shape index (κ1) is 23.2. The second kappa shape index (κ2) is 7.87. The van der Waals surface area contributed by atoms with Gasteiger partial charge in [-0.3, -0.25) is 9.69 Å². The standard InChI is InChI=1S/C27H28Cl2N2O4/c1-3-11-31-12-10-26-22-15-5-7-20(32)23(22)35-24(26)19(8-9-27(26,34)21(31)14-15)30(2)25(33)16-4-6-17(28)18(29)13-16/h3-7,13,19,21,24,32,34H,1,8-12,14H2,2H3/t19?,21-,24?,26+,27-/m1/s1. The van der Waals surface area contributed by atoms with Gasteiger partial charge in [0.05, 0.1) is 27.1 Å². The molecule has 1 spiro atoms. The van der Waals surface area contributed by atoms with Gasteiger partial charge in [0.15, 0.2) is 11.5 Å². The van der Waals surface area contributed by atoms with E-state index in [1.807, 2.05) is 12.1 Å². The number of hydrogen-bond donors (Lipinski definition) is 2. The first-order valence-electron chi connectivity index (χ1n) is 12.0. The molecule has 2 aliphatic heterocycles. The predicted molar refractivity (Wildman–Crippen MR) is 135 cm³/mol. The molecule has 8 heteroatoms. The largest absolute Gasteiger partial charge is 0.504 e. The van der Waals surface area contributed by atoms with E-state index in [4.69, 9.17) is 27.9 Å². The topological polar surface area (TPSA) is 73.2 Å². The third-order valence-corrected chi connectivity index (χ3v) is 9.63. The SMILES string of the molecule is C=CCN1CC[C@]23c4c5ccc(O)c4OC2C(N(C)C(=O)c2ccc(Cl)c(Cl)c2)CC[C@@]3(O)[C@H]1C5. The summed E-state index contributed by atoms with van der Waals surface area (Å²) in [6.07, 6.45) is 3.88. The molecule has 1 amide bonds. The van der Waals surface area contributed by atoms with Crippen LogP contribution in [-0.2, 0) is 11.8 Å². The zero-order valence-electron chi connectivity index (χ0n) is 19.5. The van der Waals surface area contributed by atoms with Crippen LogP contribution in [-0.4, -0.2) is 69.8 Å². The summed E-state index contributed by atoms with van der Waals surface area (Å²) in [5.74, 6) is 0.360. The second-order valence-corrected chi connectivity index (χ2v) is 11.1. The Balaban J connectivity index is 1.45. The highest BCUT2D eigenvalue weighted by Crippen LogP contribution is 2.65. The van der Waals surface area contributed by atoms with E-state index < -0.39 is 17.1 Å². The molecule has 2 N–H and O–H groups in total. The van der Waals surface area contributed by atoms with Gasteiger partial charge >= 0.3 is 0 Å². The fraction of sp³-hybridized carbons (Fsp3) is 0.444. The molecule has 2 aromatic carbocycles. The molecule has 6 rings (SSSR count). The number of aliphatic hydroxyl groups is 1. The summed E-state index contributed by atoms with van der Waals surface area (Å²) in [7, 11) is 1.77. The number of likely N-dealkylation sites (N-methyl/N-ethyl adjacent to an activating group) is 1. The molecular weight excluding hydrogens is 487 g/mol. The van der Waals surface area contributed by atoms with Crippen molar-refractivity contribution in [2.24, 2.45) is 0 Å². The van der Waals surface area contributed by atoms with Crippen LogP contribution in [0.3, 0.4) is 0 Å². The van der Waals surface area contributed by atoms with E-state index in [0.29, 0.717) is 53.6 Å². The predicted octanol–water partition coefficient (Wildman–Crippen LogP) is 4.18. The van der Waals surface area contributed by atoms with Crippen LogP contribution >= 0.6 is 23.2 Å². The lowest BCUT2D eigenvalue weighted by molar-refractivity contribution is -0.195. The maximum absolute atomic E-state index is 13.5. The molecule has 2 aliphatic carbocycles. The maximum Gasteiger partial charge on any atom is 0.254 e. The van der Waals surface area contributed by atoms with Crippen molar-refractivity contribution in [1.82, 2.24) is 9.80 Å². The number of hydrogen-bond acceptors (Lipinski definition) is 5. The van der Waals surface area contributed by atoms with Crippen molar-refractivity contribution in [3.8, 4) is 11.5 Å². The molecule has 2 bridgehead atoms. The number of piperidine rings is 1. The number of carbonyl (C=O) groups is 1. The molecule has 5 atom stereocenters. The van der Waals surface area contributed by atoms with E-state index >= 15 is 0 Å². The number of amides is 1. The first-order valence-corrected chi connectivity index (χ1v) is 12.8. The number of likely N-dealkylation sites (tertiary alicyclic amines) is 1. The third kappa shape index (κ3) is 2.94. The van der Waals surface area contributed by atoms with E-state index in [2.05, 4.69) is 11.5 Å². The summed E-state index contributed by atoms with van der Waals surface area (Å²) in [6, 6.07) is 8.14. The van der Waals surface area contributed by atoms with Crippen molar-refractivity contribution in [2.45, 2.75) is 54.9 Å². The highest BCUT2D eigenvalue weighted by atomic mass is 35.5. The van der Waals surface area contributed by atoms with Gasteiger partial charge in [0.1, 0.15) is 6.10 Å². The van der Waals surface area contributed by atoms with Crippen LogP contribution in [0.2, 0.25) is 10.0 Å². The summed E-state index contributed by atoms with van der Waals surface area (Å²) < 4.78 is 6.54. The molecule has 184 valence electrons. The summed E-state index contributed by atoms with van der Waals surface area (Å²) >= 11 is 12.2. The van der Waals surface area contributed by atoms with Crippen molar-refractivity contribution in [1.29, 1.82) is 0 Å². The smallest absolute Gasteiger partial charge is 0.254 e. The van der Waals surface area contributed by atoms with E-state index in [1.165, 1.54) is 0 Å². The number of ether oxygens (including phenoxy) is 1. The zero-order valence-corrected chi connectivity index (χ0v) is 21.0. The third-order valence-electron chi connectivity index (χ3n) is 8.89. The summed E-state index contributed by atoms with van der Waals surface area (Å²) in [4.78, 5) is 17.5. The lowest BCUT2D eigenvalue weighted by atomic mass is 9.48. The molecule has 0 radical (unpaired) electrons. The summed E-state index contributed by atoms with van der Waals surface area (Å²) in [5, 5.41) is 23.9. The van der Waals surface area contributed by atoms with Crippen molar-refractivity contribution in [3.05, 3.63) is 69.7 Å². The molecular formula is C27H28Cl2N2O4. The van der Waals surface area contributed by atoms with Gasteiger partial charge in [-0.15, -0.1) is 6.58 Å².